The second kappa shape index (κ2) is 6.93. The normalized spacial score (nSPS) is 21.2. The van der Waals surface area contributed by atoms with Crippen LogP contribution in [0.3, 0.4) is 0 Å². The summed E-state index contributed by atoms with van der Waals surface area (Å²) in [6.45, 7) is 5.19. The van der Waals surface area contributed by atoms with E-state index in [1.54, 1.807) is 0 Å². The molecule has 140 valence electrons. The van der Waals surface area contributed by atoms with Crippen LogP contribution >= 0.6 is 0 Å². The first-order valence-electron chi connectivity index (χ1n) is 10.1. The van der Waals surface area contributed by atoms with Crippen molar-refractivity contribution in [2.75, 3.05) is 24.5 Å². The van der Waals surface area contributed by atoms with E-state index in [9.17, 15) is 0 Å². The van der Waals surface area contributed by atoms with Gasteiger partial charge in [0.15, 0.2) is 0 Å². The summed E-state index contributed by atoms with van der Waals surface area (Å²) >= 11 is 0. The van der Waals surface area contributed by atoms with Crippen LogP contribution in [0.5, 0.6) is 0 Å². The molecule has 27 heavy (non-hydrogen) atoms. The number of hydrogen-bond acceptors (Lipinski definition) is 5. The molecule has 0 radical (unpaired) electrons. The second-order valence-electron chi connectivity index (χ2n) is 7.71. The van der Waals surface area contributed by atoms with Crippen LogP contribution in [0.15, 0.2) is 30.3 Å². The summed E-state index contributed by atoms with van der Waals surface area (Å²) in [5.74, 6) is 3.52. The van der Waals surface area contributed by atoms with Crippen molar-refractivity contribution in [3.8, 4) is 0 Å². The molecular weight excluding hydrogens is 336 g/mol. The van der Waals surface area contributed by atoms with E-state index in [2.05, 4.69) is 39.5 Å². The maximum Gasteiger partial charge on any atom is 0.133 e. The molecule has 6 nitrogen and oxygen atoms in total. The Morgan fingerprint density at radius 3 is 2.74 bits per heavy atom. The Kier molecular flexibility index (Phi) is 4.28. The lowest BCUT2D eigenvalue weighted by molar-refractivity contribution is 0.452. The van der Waals surface area contributed by atoms with E-state index in [0.717, 1.165) is 73.8 Å². The highest BCUT2D eigenvalue weighted by Gasteiger charge is 2.30. The predicted octanol–water partition coefficient (Wildman–Crippen LogP) is 3.47. The van der Waals surface area contributed by atoms with Crippen LogP contribution in [0.2, 0.25) is 0 Å². The third-order valence-corrected chi connectivity index (χ3v) is 5.87. The minimum Gasteiger partial charge on any atom is -0.346 e. The molecule has 0 spiro atoms. The first kappa shape index (κ1) is 16.7. The Morgan fingerprint density at radius 2 is 1.89 bits per heavy atom. The fourth-order valence-corrected chi connectivity index (χ4v) is 4.50. The number of benzene rings is 1. The third kappa shape index (κ3) is 3.18. The average molecular weight is 362 g/mol. The van der Waals surface area contributed by atoms with Crippen LogP contribution in [0.25, 0.3) is 11.0 Å². The monoisotopic (exact) mass is 362 g/mol. The van der Waals surface area contributed by atoms with Gasteiger partial charge in [0, 0.05) is 24.2 Å². The van der Waals surface area contributed by atoms with Gasteiger partial charge in [-0.1, -0.05) is 12.1 Å². The zero-order valence-electron chi connectivity index (χ0n) is 15.8. The van der Waals surface area contributed by atoms with E-state index in [1.807, 2.05) is 13.0 Å². The van der Waals surface area contributed by atoms with E-state index >= 15 is 0 Å². The summed E-state index contributed by atoms with van der Waals surface area (Å²) < 4.78 is 0. The van der Waals surface area contributed by atoms with Crippen molar-refractivity contribution in [2.45, 2.75) is 44.6 Å². The Bertz CT molecular complexity index is 910. The van der Waals surface area contributed by atoms with Crippen LogP contribution in [0.1, 0.15) is 55.0 Å². The molecule has 0 amide bonds. The van der Waals surface area contributed by atoms with Crippen LogP contribution in [-0.2, 0) is 0 Å². The molecule has 4 heterocycles. The second-order valence-corrected chi connectivity index (χ2v) is 7.71. The topological polar surface area (TPSA) is 69.7 Å². The van der Waals surface area contributed by atoms with Gasteiger partial charge < -0.3 is 15.2 Å². The number of anilines is 1. The summed E-state index contributed by atoms with van der Waals surface area (Å²) in [5, 5.41) is 3.44. The van der Waals surface area contributed by atoms with Crippen LogP contribution < -0.4 is 10.2 Å². The molecule has 0 aliphatic carbocycles. The predicted molar refractivity (Wildman–Crippen MR) is 107 cm³/mol. The quantitative estimate of drug-likeness (QED) is 0.747. The largest absolute Gasteiger partial charge is 0.346 e. The van der Waals surface area contributed by atoms with E-state index in [1.165, 1.54) is 5.69 Å². The van der Waals surface area contributed by atoms with Crippen molar-refractivity contribution in [3.63, 3.8) is 0 Å². The number of fused-ring (bicyclic) bond motifs is 1. The Labute approximate surface area is 159 Å². The summed E-state index contributed by atoms with van der Waals surface area (Å²) in [4.78, 5) is 20.4. The molecule has 2 saturated heterocycles. The number of nitrogens with one attached hydrogen (secondary N) is 2. The first-order chi connectivity index (χ1) is 13.3. The van der Waals surface area contributed by atoms with Gasteiger partial charge in [0.25, 0.3) is 0 Å². The standard InChI is InChI=1S/C21H26N6/c1-14-23-18(15-8-10-22-11-9-15)13-20(24-14)27-12-4-7-19(27)21-25-16-5-2-3-6-17(16)26-21/h2-3,5-6,13,15,19,22H,4,7-12H2,1H3,(H,25,26). The number of aromatic amines is 1. The van der Waals surface area contributed by atoms with Crippen molar-refractivity contribution in [3.05, 3.63) is 47.7 Å². The van der Waals surface area contributed by atoms with Gasteiger partial charge in [-0.15, -0.1) is 0 Å². The van der Waals surface area contributed by atoms with Gasteiger partial charge in [0.05, 0.1) is 17.1 Å². The van der Waals surface area contributed by atoms with Crippen molar-refractivity contribution in [1.82, 2.24) is 25.3 Å². The fraction of sp³-hybridized carbons (Fsp3) is 0.476. The van der Waals surface area contributed by atoms with Gasteiger partial charge in [-0.3, -0.25) is 0 Å². The Balaban J connectivity index is 1.48. The highest BCUT2D eigenvalue weighted by atomic mass is 15.3. The van der Waals surface area contributed by atoms with Crippen LogP contribution in [0, 0.1) is 6.92 Å². The van der Waals surface area contributed by atoms with Gasteiger partial charge in [-0.25, -0.2) is 15.0 Å². The number of aryl methyl sites for hydroxylation is 1. The van der Waals surface area contributed by atoms with Crippen molar-refractivity contribution in [2.24, 2.45) is 0 Å². The highest BCUT2D eigenvalue weighted by Crippen LogP contribution is 2.36. The maximum atomic E-state index is 4.86. The minimum atomic E-state index is 0.257. The van der Waals surface area contributed by atoms with Gasteiger partial charge in [-0.2, -0.15) is 0 Å². The number of H-pyrrole nitrogens is 1. The lowest BCUT2D eigenvalue weighted by Gasteiger charge is -2.27. The van der Waals surface area contributed by atoms with Crippen LogP contribution in [0.4, 0.5) is 5.82 Å². The highest BCUT2D eigenvalue weighted by molar-refractivity contribution is 5.75. The maximum absolute atomic E-state index is 4.86. The van der Waals surface area contributed by atoms with E-state index in [-0.39, 0.29) is 6.04 Å². The van der Waals surface area contributed by atoms with Gasteiger partial charge in [0.1, 0.15) is 17.5 Å². The first-order valence-corrected chi connectivity index (χ1v) is 10.1. The lowest BCUT2D eigenvalue weighted by Crippen LogP contribution is -2.28. The molecule has 2 N–H and O–H groups in total. The Morgan fingerprint density at radius 1 is 1.04 bits per heavy atom. The minimum absolute atomic E-state index is 0.257. The molecule has 0 saturated carbocycles. The zero-order valence-corrected chi connectivity index (χ0v) is 15.8. The average Bonchev–Trinajstić information content (AvgIpc) is 3.35. The molecule has 3 aromatic rings. The number of nitrogens with zero attached hydrogens (tertiary/aromatic N) is 4. The molecule has 2 aliphatic heterocycles. The molecule has 5 rings (SSSR count). The molecule has 2 aromatic heterocycles. The number of para-hydroxylation sites is 2. The fourth-order valence-electron chi connectivity index (χ4n) is 4.50. The summed E-state index contributed by atoms with van der Waals surface area (Å²) in [7, 11) is 0. The molecule has 1 aromatic carbocycles. The SMILES string of the molecule is Cc1nc(C2CCNCC2)cc(N2CCCC2c2nc3ccccc3[nH]2)n1. The summed E-state index contributed by atoms with van der Waals surface area (Å²) in [6, 6.07) is 10.7. The molecule has 1 unspecified atom stereocenters. The van der Waals surface area contributed by atoms with Gasteiger partial charge >= 0.3 is 0 Å². The summed E-state index contributed by atoms with van der Waals surface area (Å²) in [5.41, 5.74) is 3.34. The van der Waals surface area contributed by atoms with Crippen molar-refractivity contribution >= 4 is 16.9 Å². The van der Waals surface area contributed by atoms with Crippen molar-refractivity contribution < 1.29 is 0 Å². The number of hydrogen-bond donors (Lipinski definition) is 2. The Hall–Kier alpha value is -2.47. The lowest BCUT2D eigenvalue weighted by atomic mass is 9.94. The molecular formula is C21H26N6. The van der Waals surface area contributed by atoms with Gasteiger partial charge in [0.2, 0.25) is 0 Å². The summed E-state index contributed by atoms with van der Waals surface area (Å²) in [6.07, 6.45) is 4.57. The van der Waals surface area contributed by atoms with E-state index < -0.39 is 0 Å². The molecule has 0 bridgehead atoms. The number of aromatic nitrogens is 4. The molecule has 2 aliphatic rings. The molecule has 1 atom stereocenters. The number of piperidine rings is 1. The smallest absolute Gasteiger partial charge is 0.133 e. The van der Waals surface area contributed by atoms with Gasteiger partial charge in [-0.05, 0) is 57.8 Å². The van der Waals surface area contributed by atoms with Crippen molar-refractivity contribution in [1.29, 1.82) is 0 Å². The molecule has 2 fully saturated rings. The third-order valence-electron chi connectivity index (χ3n) is 5.87. The number of rotatable bonds is 3. The van der Waals surface area contributed by atoms with E-state index in [0.29, 0.717) is 5.92 Å². The number of imidazole rings is 1. The molecule has 6 heteroatoms. The van der Waals surface area contributed by atoms with E-state index in [4.69, 9.17) is 15.0 Å². The zero-order chi connectivity index (χ0) is 18.2. The van der Waals surface area contributed by atoms with Crippen LogP contribution in [-0.4, -0.2) is 39.6 Å².